The van der Waals surface area contributed by atoms with Crippen LogP contribution >= 0.6 is 11.8 Å². The molecule has 2 heterocycles. The van der Waals surface area contributed by atoms with Crippen LogP contribution in [0.4, 0.5) is 5.69 Å². The standard InChI is InChI=1S/C23H25N5O3S/c29-21(30)14-20-22(31)25-23(32-20)26-24-15-18-8-4-5-9-19(18)28-12-10-27(11-13-28)16-17-6-2-1-3-7-17/h1-9,15,20H,10-14,16H2,(H,29,30)(H,25,26,31). The summed E-state index contributed by atoms with van der Waals surface area (Å²) in [5.41, 5.74) is 3.38. The van der Waals surface area contributed by atoms with Crippen molar-refractivity contribution in [2.24, 2.45) is 10.2 Å². The van der Waals surface area contributed by atoms with Crippen molar-refractivity contribution in [1.29, 1.82) is 0 Å². The summed E-state index contributed by atoms with van der Waals surface area (Å²) in [5.74, 6) is -1.36. The van der Waals surface area contributed by atoms with E-state index in [2.05, 4.69) is 55.7 Å². The molecule has 9 heteroatoms. The fraction of sp³-hybridized carbons (Fsp3) is 0.304. The van der Waals surface area contributed by atoms with Gasteiger partial charge in [-0.3, -0.25) is 14.5 Å². The third kappa shape index (κ3) is 5.74. The second-order valence-electron chi connectivity index (χ2n) is 7.65. The number of nitrogens with zero attached hydrogens (tertiary/aromatic N) is 4. The number of hydrogen-bond acceptors (Lipinski definition) is 7. The van der Waals surface area contributed by atoms with Gasteiger partial charge in [0.1, 0.15) is 5.25 Å². The van der Waals surface area contributed by atoms with Crippen molar-refractivity contribution in [2.75, 3.05) is 31.1 Å². The summed E-state index contributed by atoms with van der Waals surface area (Å²) < 4.78 is 0. The quantitative estimate of drug-likeness (QED) is 0.496. The Balaban J connectivity index is 1.36. The number of thioether (sulfide) groups is 1. The Morgan fingerprint density at radius 3 is 2.56 bits per heavy atom. The number of rotatable bonds is 7. The van der Waals surface area contributed by atoms with E-state index in [-0.39, 0.29) is 12.3 Å². The van der Waals surface area contributed by atoms with E-state index >= 15 is 0 Å². The third-order valence-electron chi connectivity index (χ3n) is 5.38. The van der Waals surface area contributed by atoms with E-state index in [1.165, 1.54) is 5.56 Å². The van der Waals surface area contributed by atoms with Gasteiger partial charge in [-0.1, -0.05) is 60.3 Å². The molecule has 1 atom stereocenters. The van der Waals surface area contributed by atoms with Gasteiger partial charge in [0.15, 0.2) is 5.17 Å². The van der Waals surface area contributed by atoms with Gasteiger partial charge < -0.3 is 15.3 Å². The Labute approximate surface area is 191 Å². The number of aliphatic carboxylic acids is 1. The smallest absolute Gasteiger partial charge is 0.305 e. The van der Waals surface area contributed by atoms with Gasteiger partial charge in [0.25, 0.3) is 0 Å². The predicted molar refractivity (Wildman–Crippen MR) is 127 cm³/mol. The molecule has 32 heavy (non-hydrogen) atoms. The van der Waals surface area contributed by atoms with Crippen molar-refractivity contribution in [3.63, 3.8) is 0 Å². The topological polar surface area (TPSA) is 97.6 Å². The van der Waals surface area contributed by atoms with Gasteiger partial charge in [0.05, 0.1) is 12.6 Å². The van der Waals surface area contributed by atoms with Crippen molar-refractivity contribution in [3.8, 4) is 0 Å². The Hall–Kier alpha value is -3.17. The van der Waals surface area contributed by atoms with Gasteiger partial charge in [-0.05, 0) is 11.6 Å². The molecule has 1 unspecified atom stereocenters. The summed E-state index contributed by atoms with van der Waals surface area (Å²) in [7, 11) is 0. The van der Waals surface area contributed by atoms with E-state index in [1.807, 2.05) is 24.3 Å². The fourth-order valence-electron chi connectivity index (χ4n) is 3.76. The van der Waals surface area contributed by atoms with E-state index < -0.39 is 11.2 Å². The third-order valence-corrected chi connectivity index (χ3v) is 6.45. The first-order valence-corrected chi connectivity index (χ1v) is 11.4. The van der Waals surface area contributed by atoms with E-state index in [0.717, 1.165) is 55.7 Å². The highest BCUT2D eigenvalue weighted by atomic mass is 32.2. The normalized spacial score (nSPS) is 20.8. The Morgan fingerprint density at radius 1 is 1.09 bits per heavy atom. The summed E-state index contributed by atoms with van der Waals surface area (Å²) >= 11 is 1.09. The summed E-state index contributed by atoms with van der Waals surface area (Å²) in [5, 5.41) is 19.3. The zero-order valence-corrected chi connectivity index (χ0v) is 18.4. The summed E-state index contributed by atoms with van der Waals surface area (Å²) in [6.45, 7) is 4.78. The number of para-hydroxylation sites is 1. The molecule has 0 aromatic heterocycles. The molecule has 166 valence electrons. The molecule has 0 bridgehead atoms. The zero-order valence-electron chi connectivity index (χ0n) is 17.6. The molecular weight excluding hydrogens is 426 g/mol. The Kier molecular flexibility index (Phi) is 7.18. The van der Waals surface area contributed by atoms with Crippen LogP contribution in [0.5, 0.6) is 0 Å². The lowest BCUT2D eigenvalue weighted by Gasteiger charge is -2.36. The van der Waals surface area contributed by atoms with Crippen molar-refractivity contribution < 1.29 is 14.7 Å². The first-order chi connectivity index (χ1) is 15.6. The molecule has 2 aromatic rings. The Morgan fingerprint density at radius 2 is 1.81 bits per heavy atom. The predicted octanol–water partition coefficient (Wildman–Crippen LogP) is 2.41. The van der Waals surface area contributed by atoms with E-state index in [1.54, 1.807) is 6.21 Å². The molecule has 2 aliphatic rings. The van der Waals surface area contributed by atoms with Crippen LogP contribution in [-0.4, -0.2) is 64.7 Å². The molecule has 2 saturated heterocycles. The highest BCUT2D eigenvalue weighted by Gasteiger charge is 2.32. The number of hydrogen-bond donors (Lipinski definition) is 2. The first kappa shape index (κ1) is 22.0. The number of carbonyl (C=O) groups excluding carboxylic acids is 1. The highest BCUT2D eigenvalue weighted by Crippen LogP contribution is 2.23. The average molecular weight is 452 g/mol. The molecule has 2 N–H and O–H groups in total. The number of benzene rings is 2. The minimum Gasteiger partial charge on any atom is -0.481 e. The largest absolute Gasteiger partial charge is 0.481 e. The fourth-order valence-corrected chi connectivity index (χ4v) is 4.68. The molecule has 0 aliphatic carbocycles. The molecule has 0 spiro atoms. The number of carbonyl (C=O) groups is 2. The van der Waals surface area contributed by atoms with Crippen LogP contribution in [0.2, 0.25) is 0 Å². The number of piperazine rings is 1. The number of carboxylic acid groups (broad SMARTS) is 1. The lowest BCUT2D eigenvalue weighted by atomic mass is 10.1. The van der Waals surface area contributed by atoms with Crippen molar-refractivity contribution >= 4 is 40.7 Å². The molecule has 2 aromatic carbocycles. The number of anilines is 1. The minimum absolute atomic E-state index is 0.238. The minimum atomic E-state index is -1.01. The van der Waals surface area contributed by atoms with Crippen LogP contribution in [0.3, 0.4) is 0 Å². The van der Waals surface area contributed by atoms with Crippen LogP contribution in [0.25, 0.3) is 0 Å². The zero-order chi connectivity index (χ0) is 22.3. The molecule has 8 nitrogen and oxygen atoms in total. The summed E-state index contributed by atoms with van der Waals surface area (Å²) in [6, 6.07) is 18.6. The maximum Gasteiger partial charge on any atom is 0.305 e. The molecule has 2 fully saturated rings. The maximum atomic E-state index is 11.8. The van der Waals surface area contributed by atoms with Crippen LogP contribution in [0, 0.1) is 0 Å². The first-order valence-electron chi connectivity index (χ1n) is 10.5. The molecule has 0 saturated carbocycles. The average Bonchev–Trinajstić information content (AvgIpc) is 3.14. The Bertz CT molecular complexity index is 1020. The molecular formula is C23H25N5O3S. The van der Waals surface area contributed by atoms with E-state index in [9.17, 15) is 9.59 Å². The molecule has 0 radical (unpaired) electrons. The monoisotopic (exact) mass is 451 g/mol. The lowest BCUT2D eigenvalue weighted by Crippen LogP contribution is -2.46. The summed E-state index contributed by atoms with van der Waals surface area (Å²) in [6.07, 6.45) is 1.44. The lowest BCUT2D eigenvalue weighted by molar-refractivity contribution is -0.138. The van der Waals surface area contributed by atoms with Gasteiger partial charge in [0, 0.05) is 44.0 Å². The van der Waals surface area contributed by atoms with E-state index in [0.29, 0.717) is 5.17 Å². The van der Waals surface area contributed by atoms with Gasteiger partial charge in [-0.2, -0.15) is 5.10 Å². The highest BCUT2D eigenvalue weighted by molar-refractivity contribution is 8.15. The molecule has 4 rings (SSSR count). The van der Waals surface area contributed by atoms with Crippen LogP contribution in [0.1, 0.15) is 17.5 Å². The second-order valence-corrected chi connectivity index (χ2v) is 8.84. The van der Waals surface area contributed by atoms with Crippen LogP contribution in [0.15, 0.2) is 64.8 Å². The second kappa shape index (κ2) is 10.4. The van der Waals surface area contributed by atoms with Crippen molar-refractivity contribution in [3.05, 3.63) is 65.7 Å². The van der Waals surface area contributed by atoms with Gasteiger partial charge in [-0.25, -0.2) is 0 Å². The van der Waals surface area contributed by atoms with E-state index in [4.69, 9.17) is 5.11 Å². The number of nitrogens with one attached hydrogen (secondary N) is 1. The SMILES string of the molecule is O=C(O)CC1SC(=NN=Cc2ccccc2N2CCN(Cc3ccccc3)CC2)NC1=O. The van der Waals surface area contributed by atoms with Crippen LogP contribution < -0.4 is 10.2 Å². The van der Waals surface area contributed by atoms with Gasteiger partial charge in [-0.15, -0.1) is 5.10 Å². The van der Waals surface area contributed by atoms with Gasteiger partial charge >= 0.3 is 5.97 Å². The molecule has 1 amide bonds. The number of amidine groups is 1. The number of carboxylic acids is 1. The van der Waals surface area contributed by atoms with Gasteiger partial charge in [0.2, 0.25) is 5.91 Å². The van der Waals surface area contributed by atoms with Crippen molar-refractivity contribution in [1.82, 2.24) is 10.2 Å². The number of amides is 1. The van der Waals surface area contributed by atoms with Crippen molar-refractivity contribution in [2.45, 2.75) is 18.2 Å². The maximum absolute atomic E-state index is 11.8. The summed E-state index contributed by atoms with van der Waals surface area (Å²) in [4.78, 5) is 27.5. The van der Waals surface area contributed by atoms with Crippen LogP contribution in [-0.2, 0) is 16.1 Å². The molecule has 2 aliphatic heterocycles.